The first kappa shape index (κ1) is 12.0. The summed E-state index contributed by atoms with van der Waals surface area (Å²) in [5.74, 6) is 1.37. The van der Waals surface area contributed by atoms with Crippen molar-refractivity contribution in [1.82, 2.24) is 0 Å². The first-order valence-corrected chi connectivity index (χ1v) is 6.72. The maximum atomic E-state index is 11.9. The molecule has 4 heteroatoms. The average molecular weight is 300 g/mol. The van der Waals surface area contributed by atoms with Crippen LogP contribution in [0, 0.1) is 12.8 Å². The van der Waals surface area contributed by atoms with Gasteiger partial charge in [0.25, 0.3) is 0 Å². The molecule has 0 N–H and O–H groups in total. The summed E-state index contributed by atoms with van der Waals surface area (Å²) < 4.78 is 1.05. The number of amides is 1. The number of nitrogens with zero attached hydrogens (tertiary/aromatic N) is 1. The van der Waals surface area contributed by atoms with Crippen LogP contribution in [0.15, 0.2) is 22.7 Å². The van der Waals surface area contributed by atoms with Crippen molar-refractivity contribution in [3.05, 3.63) is 28.2 Å². The number of rotatable bonds is 2. The molecular formula is C12H14BrNOS. The van der Waals surface area contributed by atoms with Crippen molar-refractivity contribution in [2.75, 3.05) is 17.2 Å². The molecular weight excluding hydrogens is 286 g/mol. The third-order valence-electron chi connectivity index (χ3n) is 2.99. The van der Waals surface area contributed by atoms with Crippen LogP contribution >= 0.6 is 28.6 Å². The molecule has 0 bridgehead atoms. The highest BCUT2D eigenvalue weighted by Gasteiger charge is 2.30. The minimum Gasteiger partial charge on any atom is -0.312 e. The number of hydrogen-bond donors (Lipinski definition) is 1. The Morgan fingerprint density at radius 3 is 2.94 bits per heavy atom. The zero-order valence-corrected chi connectivity index (χ0v) is 11.6. The summed E-state index contributed by atoms with van der Waals surface area (Å²) >= 11 is 7.76. The van der Waals surface area contributed by atoms with Crippen molar-refractivity contribution < 1.29 is 4.79 Å². The molecule has 2 rings (SSSR count). The first-order chi connectivity index (χ1) is 7.63. The molecule has 1 heterocycles. The van der Waals surface area contributed by atoms with E-state index >= 15 is 0 Å². The van der Waals surface area contributed by atoms with Gasteiger partial charge in [0.2, 0.25) is 5.91 Å². The second kappa shape index (κ2) is 4.80. The fourth-order valence-corrected chi connectivity index (χ4v) is 2.63. The SMILES string of the molecule is Cc1c(Br)cccc1N1CC(CS)CC1=O. The van der Waals surface area contributed by atoms with Gasteiger partial charge in [-0.15, -0.1) is 0 Å². The van der Waals surface area contributed by atoms with Gasteiger partial charge in [0.1, 0.15) is 0 Å². The molecule has 1 atom stereocenters. The van der Waals surface area contributed by atoms with Crippen molar-refractivity contribution in [2.24, 2.45) is 5.92 Å². The summed E-state index contributed by atoms with van der Waals surface area (Å²) in [6.45, 7) is 2.82. The number of carbonyl (C=O) groups is 1. The fourth-order valence-electron chi connectivity index (χ4n) is 2.03. The van der Waals surface area contributed by atoms with E-state index in [1.165, 1.54) is 0 Å². The minimum absolute atomic E-state index is 0.209. The molecule has 1 aliphatic rings. The highest BCUT2D eigenvalue weighted by atomic mass is 79.9. The van der Waals surface area contributed by atoms with Crippen molar-refractivity contribution >= 4 is 40.2 Å². The highest BCUT2D eigenvalue weighted by molar-refractivity contribution is 9.10. The summed E-state index contributed by atoms with van der Waals surface area (Å²) in [5.41, 5.74) is 2.14. The Hall–Kier alpha value is -0.480. The Morgan fingerprint density at radius 1 is 1.56 bits per heavy atom. The molecule has 16 heavy (non-hydrogen) atoms. The van der Waals surface area contributed by atoms with Gasteiger partial charge in [0.05, 0.1) is 0 Å². The number of anilines is 1. The Labute approximate surface area is 110 Å². The van der Waals surface area contributed by atoms with Crippen molar-refractivity contribution in [3.63, 3.8) is 0 Å². The predicted octanol–water partition coefficient (Wildman–Crippen LogP) is 3.04. The Morgan fingerprint density at radius 2 is 2.31 bits per heavy atom. The summed E-state index contributed by atoms with van der Waals surface area (Å²) in [6, 6.07) is 5.96. The highest BCUT2D eigenvalue weighted by Crippen LogP contribution is 2.31. The topological polar surface area (TPSA) is 20.3 Å². The average Bonchev–Trinajstić information content (AvgIpc) is 2.64. The molecule has 1 aromatic rings. The molecule has 2 nitrogen and oxygen atoms in total. The Balaban J connectivity index is 2.31. The van der Waals surface area contributed by atoms with Crippen LogP contribution in [-0.4, -0.2) is 18.2 Å². The third-order valence-corrected chi connectivity index (χ3v) is 4.37. The van der Waals surface area contributed by atoms with Crippen molar-refractivity contribution in [2.45, 2.75) is 13.3 Å². The largest absolute Gasteiger partial charge is 0.312 e. The zero-order valence-electron chi connectivity index (χ0n) is 9.11. The lowest BCUT2D eigenvalue weighted by atomic mass is 10.1. The van der Waals surface area contributed by atoms with E-state index in [1.54, 1.807) is 0 Å². The van der Waals surface area contributed by atoms with Crippen LogP contribution in [0.1, 0.15) is 12.0 Å². The van der Waals surface area contributed by atoms with E-state index in [0.29, 0.717) is 12.3 Å². The second-order valence-corrected chi connectivity index (χ2v) is 5.36. The normalized spacial score (nSPS) is 20.6. The second-order valence-electron chi connectivity index (χ2n) is 4.14. The predicted molar refractivity (Wildman–Crippen MR) is 73.2 cm³/mol. The van der Waals surface area contributed by atoms with Crippen molar-refractivity contribution in [3.8, 4) is 0 Å². The van der Waals surface area contributed by atoms with Crippen LogP contribution in [0.25, 0.3) is 0 Å². The van der Waals surface area contributed by atoms with Gasteiger partial charge in [0, 0.05) is 23.1 Å². The molecule has 0 spiro atoms. The van der Waals surface area contributed by atoms with Crippen LogP contribution in [0.4, 0.5) is 5.69 Å². The molecule has 1 unspecified atom stereocenters. The van der Waals surface area contributed by atoms with Gasteiger partial charge in [-0.3, -0.25) is 4.79 Å². The fraction of sp³-hybridized carbons (Fsp3) is 0.417. The molecule has 1 amide bonds. The first-order valence-electron chi connectivity index (χ1n) is 5.30. The molecule has 0 aliphatic carbocycles. The van der Waals surface area contributed by atoms with E-state index in [0.717, 1.165) is 28.0 Å². The molecule has 0 aromatic heterocycles. The zero-order chi connectivity index (χ0) is 11.7. The van der Waals surface area contributed by atoms with E-state index in [2.05, 4.69) is 28.6 Å². The molecule has 0 radical (unpaired) electrons. The van der Waals surface area contributed by atoms with Gasteiger partial charge in [0.15, 0.2) is 0 Å². The summed E-state index contributed by atoms with van der Waals surface area (Å²) in [4.78, 5) is 13.8. The molecule has 1 saturated heterocycles. The molecule has 0 saturated carbocycles. The quantitative estimate of drug-likeness (QED) is 0.832. The van der Waals surface area contributed by atoms with E-state index in [1.807, 2.05) is 30.0 Å². The van der Waals surface area contributed by atoms with Crippen LogP contribution in [0.3, 0.4) is 0 Å². The standard InChI is InChI=1S/C12H14BrNOS/c1-8-10(13)3-2-4-11(8)14-6-9(7-16)5-12(14)15/h2-4,9,16H,5-7H2,1H3. The Kier molecular flexibility index (Phi) is 3.60. The number of thiol groups is 1. The maximum absolute atomic E-state index is 11.9. The number of hydrogen-bond acceptors (Lipinski definition) is 2. The van der Waals surface area contributed by atoms with Gasteiger partial charge >= 0.3 is 0 Å². The van der Waals surface area contributed by atoms with E-state index in [-0.39, 0.29) is 5.91 Å². The molecule has 86 valence electrons. The van der Waals surface area contributed by atoms with Crippen LogP contribution in [0.2, 0.25) is 0 Å². The van der Waals surface area contributed by atoms with Gasteiger partial charge in [-0.25, -0.2) is 0 Å². The molecule has 1 aliphatic heterocycles. The lowest BCUT2D eigenvalue weighted by molar-refractivity contribution is -0.117. The summed E-state index contributed by atoms with van der Waals surface area (Å²) in [7, 11) is 0. The van der Waals surface area contributed by atoms with Gasteiger partial charge in [-0.05, 0) is 36.3 Å². The smallest absolute Gasteiger partial charge is 0.227 e. The van der Waals surface area contributed by atoms with E-state index < -0.39 is 0 Å². The van der Waals surface area contributed by atoms with Crippen LogP contribution in [0.5, 0.6) is 0 Å². The minimum atomic E-state index is 0.209. The van der Waals surface area contributed by atoms with Crippen LogP contribution in [-0.2, 0) is 4.79 Å². The van der Waals surface area contributed by atoms with Crippen LogP contribution < -0.4 is 4.90 Å². The molecule has 1 aromatic carbocycles. The van der Waals surface area contributed by atoms with E-state index in [4.69, 9.17) is 0 Å². The maximum Gasteiger partial charge on any atom is 0.227 e. The van der Waals surface area contributed by atoms with Gasteiger partial charge in [-0.1, -0.05) is 22.0 Å². The Bertz CT molecular complexity index is 421. The van der Waals surface area contributed by atoms with Gasteiger partial charge < -0.3 is 4.90 Å². The number of carbonyl (C=O) groups excluding carboxylic acids is 1. The van der Waals surface area contributed by atoms with E-state index in [9.17, 15) is 4.79 Å². The summed E-state index contributed by atoms with van der Waals surface area (Å²) in [5, 5.41) is 0. The number of halogens is 1. The van der Waals surface area contributed by atoms with Crippen molar-refractivity contribution in [1.29, 1.82) is 0 Å². The van der Waals surface area contributed by atoms with Gasteiger partial charge in [-0.2, -0.15) is 12.6 Å². The lowest BCUT2D eigenvalue weighted by Gasteiger charge is -2.19. The number of benzene rings is 1. The lowest BCUT2D eigenvalue weighted by Crippen LogP contribution is -2.25. The third kappa shape index (κ3) is 2.13. The monoisotopic (exact) mass is 299 g/mol. The summed E-state index contributed by atoms with van der Waals surface area (Å²) in [6.07, 6.45) is 0.620. The molecule has 1 fully saturated rings.